The van der Waals surface area contributed by atoms with Crippen molar-refractivity contribution in [3.05, 3.63) is 91.8 Å². The Hall–Kier alpha value is -2.27. The Labute approximate surface area is 171 Å². The number of nitrogens with one attached hydrogen (secondary N) is 2. The van der Waals surface area contributed by atoms with Gasteiger partial charge in [-0.2, -0.15) is 0 Å². The van der Waals surface area contributed by atoms with Gasteiger partial charge in [0.25, 0.3) is 5.91 Å². The number of amides is 1. The van der Waals surface area contributed by atoms with Crippen molar-refractivity contribution in [2.24, 2.45) is 0 Å². The number of hydrogen-bond donors (Lipinski definition) is 2. The summed E-state index contributed by atoms with van der Waals surface area (Å²) in [5.74, 6) is -0.103. The van der Waals surface area contributed by atoms with Gasteiger partial charge in [-0.05, 0) is 34.9 Å². The van der Waals surface area contributed by atoms with Crippen molar-refractivity contribution >= 4 is 40.7 Å². The highest BCUT2D eigenvalue weighted by atomic mass is 35.5. The van der Waals surface area contributed by atoms with Gasteiger partial charge in [-0.25, -0.2) is 0 Å². The molecule has 0 unspecified atom stereocenters. The number of halogens is 3. The van der Waals surface area contributed by atoms with Crippen molar-refractivity contribution in [2.45, 2.75) is 12.4 Å². The summed E-state index contributed by atoms with van der Waals surface area (Å²) < 4.78 is 0. The lowest BCUT2D eigenvalue weighted by Crippen LogP contribution is -2.23. The Morgan fingerprint density at radius 1 is 0.963 bits per heavy atom. The van der Waals surface area contributed by atoms with Crippen LogP contribution in [0.2, 0.25) is 10.0 Å². The number of benzene rings is 2. The Morgan fingerprint density at radius 3 is 2.26 bits per heavy atom. The molecular weight excluding hydrogens is 407 g/mol. The zero-order chi connectivity index (χ0) is 19.4. The van der Waals surface area contributed by atoms with Gasteiger partial charge in [-0.1, -0.05) is 53.5 Å². The van der Waals surface area contributed by atoms with Gasteiger partial charge in [-0.3, -0.25) is 9.59 Å². The van der Waals surface area contributed by atoms with Gasteiger partial charge in [0.05, 0.1) is 21.5 Å². The predicted octanol–water partition coefficient (Wildman–Crippen LogP) is 5.02. The van der Waals surface area contributed by atoms with Crippen LogP contribution in [0.15, 0.2) is 59.4 Å². The average Bonchev–Trinajstić information content (AvgIpc) is 2.66. The lowest BCUT2D eigenvalue weighted by Gasteiger charge is -2.09. The highest BCUT2D eigenvalue weighted by Crippen LogP contribution is 2.24. The van der Waals surface area contributed by atoms with E-state index in [1.807, 2.05) is 30.3 Å². The maximum atomic E-state index is 12.3. The van der Waals surface area contributed by atoms with Crippen LogP contribution in [-0.4, -0.2) is 10.9 Å². The molecule has 0 atom stereocenters. The number of hydrogen-bond acceptors (Lipinski definition) is 2. The third kappa shape index (κ3) is 4.72. The van der Waals surface area contributed by atoms with E-state index in [1.165, 1.54) is 6.07 Å². The van der Waals surface area contributed by atoms with Gasteiger partial charge in [-0.15, -0.1) is 11.6 Å². The van der Waals surface area contributed by atoms with Gasteiger partial charge in [0.1, 0.15) is 0 Å². The van der Waals surface area contributed by atoms with E-state index in [0.29, 0.717) is 22.3 Å². The van der Waals surface area contributed by atoms with Crippen molar-refractivity contribution in [1.82, 2.24) is 10.3 Å². The van der Waals surface area contributed by atoms with Crippen molar-refractivity contribution in [3.8, 4) is 11.1 Å². The van der Waals surface area contributed by atoms with Crippen LogP contribution in [0.25, 0.3) is 11.1 Å². The van der Waals surface area contributed by atoms with Gasteiger partial charge in [0.2, 0.25) is 5.56 Å². The molecule has 0 radical (unpaired) electrons. The second-order valence-corrected chi connectivity index (χ2v) is 6.95. The van der Waals surface area contributed by atoms with Crippen LogP contribution >= 0.6 is 34.8 Å². The number of rotatable bonds is 5. The van der Waals surface area contributed by atoms with Gasteiger partial charge in [0, 0.05) is 18.3 Å². The third-order valence-electron chi connectivity index (χ3n) is 3.97. The lowest BCUT2D eigenvalue weighted by atomic mass is 10.0. The summed E-state index contributed by atoms with van der Waals surface area (Å²) >= 11 is 17.9. The molecule has 7 heteroatoms. The third-order valence-corrected chi connectivity index (χ3v) is 4.89. The Bertz CT molecular complexity index is 1010. The van der Waals surface area contributed by atoms with E-state index in [1.54, 1.807) is 18.2 Å². The minimum absolute atomic E-state index is 0.198. The number of aromatic amines is 1. The summed E-state index contributed by atoms with van der Waals surface area (Å²) in [4.78, 5) is 26.7. The standard InChI is InChI=1S/C20H15Cl3N2O2/c21-10-15-8-14(9-18(26)25-15)13-6-4-12(5-7-13)11-24-20(27)19-16(22)2-1-3-17(19)23/h1-9H,10-11H2,(H,24,27)(H,25,26). The molecule has 2 aromatic carbocycles. The van der Waals surface area contributed by atoms with Crippen LogP contribution in [-0.2, 0) is 12.4 Å². The van der Waals surface area contributed by atoms with E-state index in [4.69, 9.17) is 34.8 Å². The van der Waals surface area contributed by atoms with Crippen LogP contribution in [0.5, 0.6) is 0 Å². The number of alkyl halides is 1. The van der Waals surface area contributed by atoms with Gasteiger partial charge in [0.15, 0.2) is 0 Å². The highest BCUT2D eigenvalue weighted by molar-refractivity contribution is 6.39. The summed E-state index contributed by atoms with van der Waals surface area (Å²) in [5.41, 5.74) is 3.29. The van der Waals surface area contributed by atoms with Gasteiger partial charge >= 0.3 is 0 Å². The number of carbonyl (C=O) groups is 1. The molecule has 0 aliphatic carbocycles. The zero-order valence-electron chi connectivity index (χ0n) is 14.1. The average molecular weight is 422 g/mol. The largest absolute Gasteiger partial charge is 0.348 e. The molecule has 1 heterocycles. The van der Waals surface area contributed by atoms with E-state index < -0.39 is 0 Å². The first-order chi connectivity index (χ1) is 13.0. The van der Waals surface area contributed by atoms with E-state index in [9.17, 15) is 9.59 Å². The fourth-order valence-corrected chi connectivity index (χ4v) is 3.35. The molecule has 2 N–H and O–H groups in total. The monoisotopic (exact) mass is 420 g/mol. The normalized spacial score (nSPS) is 10.6. The Morgan fingerprint density at radius 2 is 1.63 bits per heavy atom. The first-order valence-corrected chi connectivity index (χ1v) is 9.37. The molecule has 0 fully saturated rings. The molecule has 0 saturated carbocycles. The number of H-pyrrole nitrogens is 1. The molecular formula is C20H15Cl3N2O2. The molecule has 4 nitrogen and oxygen atoms in total. The predicted molar refractivity (Wildman–Crippen MR) is 110 cm³/mol. The number of pyridine rings is 1. The molecule has 27 heavy (non-hydrogen) atoms. The molecule has 0 spiro atoms. The lowest BCUT2D eigenvalue weighted by molar-refractivity contribution is 0.0951. The minimum Gasteiger partial charge on any atom is -0.348 e. The molecule has 0 aliphatic rings. The van der Waals surface area contributed by atoms with Crippen molar-refractivity contribution in [2.75, 3.05) is 0 Å². The molecule has 1 aromatic heterocycles. The molecule has 0 aliphatic heterocycles. The molecule has 3 aromatic rings. The summed E-state index contributed by atoms with van der Waals surface area (Å²) in [6.45, 7) is 0.322. The smallest absolute Gasteiger partial charge is 0.254 e. The maximum absolute atomic E-state index is 12.3. The fraction of sp³-hybridized carbons (Fsp3) is 0.100. The summed E-state index contributed by atoms with van der Waals surface area (Å²) in [6, 6.07) is 15.8. The van der Waals surface area contributed by atoms with E-state index >= 15 is 0 Å². The van der Waals surface area contributed by atoms with Crippen molar-refractivity contribution in [3.63, 3.8) is 0 Å². The second-order valence-electron chi connectivity index (χ2n) is 5.87. The second kappa shape index (κ2) is 8.61. The van der Waals surface area contributed by atoms with Crippen molar-refractivity contribution < 1.29 is 4.79 Å². The van der Waals surface area contributed by atoms with E-state index in [2.05, 4.69) is 10.3 Å². The summed E-state index contributed by atoms with van der Waals surface area (Å²) in [6.07, 6.45) is 0. The molecule has 1 amide bonds. The first kappa shape index (κ1) is 19.5. The minimum atomic E-state index is -0.337. The van der Waals surface area contributed by atoms with Gasteiger partial charge < -0.3 is 10.3 Å². The van der Waals surface area contributed by atoms with E-state index in [0.717, 1.165) is 16.7 Å². The quantitative estimate of drug-likeness (QED) is 0.568. The van der Waals surface area contributed by atoms with Crippen LogP contribution in [0.3, 0.4) is 0 Å². The molecule has 0 bridgehead atoms. The Balaban J connectivity index is 1.72. The summed E-state index contributed by atoms with van der Waals surface area (Å²) in [5, 5.41) is 3.41. The topological polar surface area (TPSA) is 62.0 Å². The van der Waals surface area contributed by atoms with Crippen LogP contribution in [0.4, 0.5) is 0 Å². The van der Waals surface area contributed by atoms with E-state index in [-0.39, 0.29) is 22.9 Å². The maximum Gasteiger partial charge on any atom is 0.254 e. The molecule has 138 valence electrons. The first-order valence-electron chi connectivity index (χ1n) is 8.08. The highest BCUT2D eigenvalue weighted by Gasteiger charge is 2.14. The van der Waals surface area contributed by atoms with Crippen LogP contribution in [0.1, 0.15) is 21.6 Å². The number of carbonyl (C=O) groups excluding carboxylic acids is 1. The SMILES string of the molecule is O=C(NCc1ccc(-c2cc(CCl)[nH]c(=O)c2)cc1)c1c(Cl)cccc1Cl. The summed E-state index contributed by atoms with van der Waals surface area (Å²) in [7, 11) is 0. The van der Waals surface area contributed by atoms with Crippen LogP contribution in [0, 0.1) is 0 Å². The van der Waals surface area contributed by atoms with Crippen molar-refractivity contribution in [1.29, 1.82) is 0 Å². The fourth-order valence-electron chi connectivity index (χ4n) is 2.64. The van der Waals surface area contributed by atoms with Crippen LogP contribution < -0.4 is 10.9 Å². The molecule has 3 rings (SSSR count). The zero-order valence-corrected chi connectivity index (χ0v) is 16.3. The molecule has 0 saturated heterocycles. The Kier molecular flexibility index (Phi) is 6.22. The number of aromatic nitrogens is 1.